The maximum atomic E-state index is 12.8. The van der Waals surface area contributed by atoms with Gasteiger partial charge in [0.15, 0.2) is 23.9 Å². The van der Waals surface area contributed by atoms with Crippen LogP contribution < -0.4 is 4.74 Å². The molecule has 0 saturated carbocycles. The van der Waals surface area contributed by atoms with Crippen LogP contribution in [-0.4, -0.2) is 65.8 Å². The number of benzene rings is 1. The number of ether oxygens (including phenoxy) is 2. The molecule has 200 valence electrons. The highest BCUT2D eigenvalue weighted by Crippen LogP contribution is 2.30. The van der Waals surface area contributed by atoms with Crippen LogP contribution in [0.15, 0.2) is 22.6 Å². The number of hydrogen-bond acceptors (Lipinski definition) is 8. The van der Waals surface area contributed by atoms with Gasteiger partial charge in [-0.05, 0) is 49.8 Å². The fraction of sp³-hybridized carbons (Fsp3) is 0.577. The van der Waals surface area contributed by atoms with E-state index in [2.05, 4.69) is 14.9 Å². The number of oxazole rings is 1. The van der Waals surface area contributed by atoms with Gasteiger partial charge in [0.2, 0.25) is 0 Å². The Balaban J connectivity index is 1.03. The largest absolute Gasteiger partial charge is 0.460 e. The number of carbonyl (C=O) groups is 1. The third-order valence-electron chi connectivity index (χ3n) is 6.96. The second kappa shape index (κ2) is 11.1. The number of aryl methyl sites for hydroxylation is 1. The van der Waals surface area contributed by atoms with Crippen molar-refractivity contribution in [2.24, 2.45) is 5.92 Å². The molecule has 7 nitrogen and oxygen atoms in total. The number of fused-ring (bicyclic) bond motifs is 2. The summed E-state index contributed by atoms with van der Waals surface area (Å²) >= 11 is 1.22. The van der Waals surface area contributed by atoms with Crippen LogP contribution in [0.2, 0.25) is 0 Å². The zero-order valence-corrected chi connectivity index (χ0v) is 21.5. The molecule has 0 spiro atoms. The predicted octanol–water partition coefficient (Wildman–Crippen LogP) is 5.39. The zero-order valence-electron chi connectivity index (χ0n) is 20.7. The minimum Gasteiger partial charge on any atom is -0.460 e. The van der Waals surface area contributed by atoms with Gasteiger partial charge in [-0.1, -0.05) is 11.3 Å². The Labute approximate surface area is 217 Å². The molecule has 0 unspecified atom stereocenters. The Hall–Kier alpha value is -2.50. The van der Waals surface area contributed by atoms with Crippen molar-refractivity contribution in [3.63, 3.8) is 0 Å². The number of aromatic nitrogens is 2. The molecule has 3 aromatic rings. The van der Waals surface area contributed by atoms with Crippen molar-refractivity contribution < 1.29 is 31.9 Å². The van der Waals surface area contributed by atoms with Crippen LogP contribution in [0.1, 0.15) is 52.5 Å². The van der Waals surface area contributed by atoms with E-state index in [4.69, 9.17) is 13.9 Å². The van der Waals surface area contributed by atoms with E-state index in [9.17, 15) is 18.0 Å². The number of Topliss-reactive ketones (excluding diaryl/α,β-unsaturated/α-hetero) is 1. The number of hydrogen-bond donors (Lipinski definition) is 0. The smallest absolute Gasteiger partial charge is 0.422 e. The first-order valence-electron chi connectivity index (χ1n) is 12.6. The first kappa shape index (κ1) is 26.1. The standard InChI is InChI=1S/C26H30F3N3O4S/c1-16-30-21-13-18(3-5-23(21)36-16)22(33)12-17-2-4-19(34-14-17)6-9-32-10-7-20-24(8-11-32)37-25(31-20)35-15-26(27,28)29/h3,5,13,17,19H,2,4,6-12,14-15H2,1H3/t17-,19-/m1/s1. The molecule has 2 aromatic heterocycles. The summed E-state index contributed by atoms with van der Waals surface area (Å²) < 4.78 is 53.6. The first-order valence-corrected chi connectivity index (χ1v) is 13.5. The number of nitrogens with zero attached hydrogens (tertiary/aromatic N) is 3. The quantitative estimate of drug-likeness (QED) is 0.357. The molecule has 11 heteroatoms. The second-order valence-electron chi connectivity index (χ2n) is 9.83. The lowest BCUT2D eigenvalue weighted by molar-refractivity contribution is -0.153. The minimum absolute atomic E-state index is 0.104. The van der Waals surface area contributed by atoms with Gasteiger partial charge in [-0.15, -0.1) is 0 Å². The number of ketones is 1. The molecule has 2 atom stereocenters. The van der Waals surface area contributed by atoms with E-state index < -0.39 is 12.8 Å². The summed E-state index contributed by atoms with van der Waals surface area (Å²) in [4.78, 5) is 24.8. The molecule has 0 bridgehead atoms. The Bertz CT molecular complexity index is 1210. The highest BCUT2D eigenvalue weighted by molar-refractivity contribution is 7.13. The highest BCUT2D eigenvalue weighted by atomic mass is 32.1. The summed E-state index contributed by atoms with van der Waals surface area (Å²) in [6.07, 6.45) is 0.567. The average Bonchev–Trinajstić information content (AvgIpc) is 3.38. The van der Waals surface area contributed by atoms with Gasteiger partial charge >= 0.3 is 6.18 Å². The van der Waals surface area contributed by atoms with Gasteiger partial charge in [0.05, 0.1) is 18.4 Å². The summed E-state index contributed by atoms with van der Waals surface area (Å²) in [5.41, 5.74) is 2.90. The van der Waals surface area contributed by atoms with E-state index in [1.807, 2.05) is 0 Å². The SMILES string of the molecule is Cc1nc2cc(C(=O)C[C@H]3CC[C@H](CCN4CCc5nc(OCC(F)(F)F)sc5CC4)OC3)ccc2o1. The number of alkyl halides is 3. The zero-order chi connectivity index (χ0) is 26.0. The van der Waals surface area contributed by atoms with Crippen molar-refractivity contribution in [2.75, 3.05) is 32.8 Å². The summed E-state index contributed by atoms with van der Waals surface area (Å²) in [5, 5.41) is 0.105. The van der Waals surface area contributed by atoms with Crippen molar-refractivity contribution in [1.29, 1.82) is 0 Å². The second-order valence-corrected chi connectivity index (χ2v) is 10.9. The summed E-state index contributed by atoms with van der Waals surface area (Å²) in [6, 6.07) is 5.40. The van der Waals surface area contributed by atoms with Crippen LogP contribution >= 0.6 is 11.3 Å². The van der Waals surface area contributed by atoms with Gasteiger partial charge in [-0.25, -0.2) is 9.97 Å². The lowest BCUT2D eigenvalue weighted by Gasteiger charge is -2.30. The minimum atomic E-state index is -4.36. The Morgan fingerprint density at radius 2 is 2.05 bits per heavy atom. The molecular formula is C26H30F3N3O4S. The van der Waals surface area contributed by atoms with E-state index >= 15 is 0 Å². The van der Waals surface area contributed by atoms with Gasteiger partial charge in [0, 0.05) is 49.8 Å². The lowest BCUT2D eigenvalue weighted by Crippen LogP contribution is -2.33. The van der Waals surface area contributed by atoms with Crippen LogP contribution in [0.4, 0.5) is 13.2 Å². The van der Waals surface area contributed by atoms with E-state index in [-0.39, 0.29) is 23.0 Å². The third kappa shape index (κ3) is 6.88. The molecular weight excluding hydrogens is 507 g/mol. The highest BCUT2D eigenvalue weighted by Gasteiger charge is 2.30. The fourth-order valence-electron chi connectivity index (χ4n) is 4.99. The number of rotatable bonds is 8. The van der Waals surface area contributed by atoms with E-state index in [1.54, 1.807) is 25.1 Å². The molecule has 2 aliphatic rings. The summed E-state index contributed by atoms with van der Waals surface area (Å²) in [5.74, 6) is 0.905. The average molecular weight is 538 g/mol. The van der Waals surface area contributed by atoms with Gasteiger partial charge in [0.25, 0.3) is 5.19 Å². The fourth-order valence-corrected chi connectivity index (χ4v) is 5.93. The van der Waals surface area contributed by atoms with Gasteiger partial charge in [-0.2, -0.15) is 13.2 Å². The van der Waals surface area contributed by atoms with Crippen molar-refractivity contribution in [3.05, 3.63) is 40.2 Å². The van der Waals surface area contributed by atoms with Crippen molar-refractivity contribution in [2.45, 2.75) is 57.7 Å². The van der Waals surface area contributed by atoms with Gasteiger partial charge < -0.3 is 18.8 Å². The molecule has 5 rings (SSSR count). The maximum Gasteiger partial charge on any atom is 0.422 e. The van der Waals surface area contributed by atoms with Crippen LogP contribution in [0.25, 0.3) is 11.1 Å². The maximum absolute atomic E-state index is 12.8. The van der Waals surface area contributed by atoms with E-state index in [0.717, 1.165) is 55.9 Å². The van der Waals surface area contributed by atoms with E-state index in [1.165, 1.54) is 11.3 Å². The van der Waals surface area contributed by atoms with E-state index in [0.29, 0.717) is 42.0 Å². The summed E-state index contributed by atoms with van der Waals surface area (Å²) in [7, 11) is 0. The molecule has 0 radical (unpaired) electrons. The third-order valence-corrected chi connectivity index (χ3v) is 8.03. The molecule has 37 heavy (non-hydrogen) atoms. The molecule has 4 heterocycles. The monoisotopic (exact) mass is 537 g/mol. The number of thiazole rings is 1. The van der Waals surface area contributed by atoms with Crippen LogP contribution in [0, 0.1) is 12.8 Å². The Morgan fingerprint density at radius 1 is 1.22 bits per heavy atom. The molecule has 1 saturated heterocycles. The molecule has 1 fully saturated rings. The van der Waals surface area contributed by atoms with Gasteiger partial charge in [0.1, 0.15) is 5.52 Å². The molecule has 0 aliphatic carbocycles. The van der Waals surface area contributed by atoms with Crippen LogP contribution in [0.3, 0.4) is 0 Å². The van der Waals surface area contributed by atoms with Gasteiger partial charge in [-0.3, -0.25) is 4.79 Å². The van der Waals surface area contributed by atoms with Crippen LogP contribution in [-0.2, 0) is 17.6 Å². The lowest BCUT2D eigenvalue weighted by atomic mass is 9.91. The number of carbonyl (C=O) groups excluding carboxylic acids is 1. The van der Waals surface area contributed by atoms with Crippen molar-refractivity contribution >= 4 is 28.2 Å². The predicted molar refractivity (Wildman–Crippen MR) is 132 cm³/mol. The summed E-state index contributed by atoms with van der Waals surface area (Å²) in [6.45, 7) is 3.63. The molecule has 2 aliphatic heterocycles. The molecule has 0 amide bonds. The Kier molecular flexibility index (Phi) is 7.83. The number of halogens is 3. The normalized spacial score (nSPS) is 21.1. The molecule has 1 aromatic carbocycles. The van der Waals surface area contributed by atoms with Crippen molar-refractivity contribution in [3.8, 4) is 5.19 Å². The van der Waals surface area contributed by atoms with Crippen LogP contribution in [0.5, 0.6) is 5.19 Å². The topological polar surface area (TPSA) is 77.7 Å². The first-order chi connectivity index (χ1) is 17.7. The Morgan fingerprint density at radius 3 is 2.84 bits per heavy atom. The molecule has 0 N–H and O–H groups in total. The van der Waals surface area contributed by atoms with Crippen molar-refractivity contribution in [1.82, 2.24) is 14.9 Å².